The van der Waals surface area contributed by atoms with Crippen LogP contribution in [0, 0.1) is 12.8 Å². The Morgan fingerprint density at radius 1 is 1.31 bits per heavy atom. The molecule has 0 aliphatic carbocycles. The largest absolute Gasteiger partial charge is 0.442 e. The molecule has 3 heteroatoms. The Labute approximate surface area is 101 Å². The zero-order chi connectivity index (χ0) is 11.5. The van der Waals surface area contributed by atoms with E-state index in [4.69, 9.17) is 4.74 Å². The number of rotatable bonds is 1. The van der Waals surface area contributed by atoms with E-state index in [-0.39, 0.29) is 11.2 Å². The van der Waals surface area contributed by atoms with Gasteiger partial charge in [0.1, 0.15) is 5.75 Å². The molecule has 2 nitrogen and oxygen atoms in total. The van der Waals surface area contributed by atoms with Crippen molar-refractivity contribution in [2.45, 2.75) is 19.1 Å². The molecule has 2 rings (SSSR count). The molecule has 0 aromatic heterocycles. The van der Waals surface area contributed by atoms with Crippen LogP contribution in [0.15, 0.2) is 41.5 Å². The van der Waals surface area contributed by atoms with Crippen molar-refractivity contribution < 1.29 is 4.74 Å². The number of para-hydroxylation sites is 1. The summed E-state index contributed by atoms with van der Waals surface area (Å²) in [5.74, 6) is 1.80. The number of ether oxygens (including phenoxy) is 1. The van der Waals surface area contributed by atoms with Crippen LogP contribution < -0.4 is 4.74 Å². The van der Waals surface area contributed by atoms with Gasteiger partial charge in [0, 0.05) is 17.4 Å². The third-order valence-electron chi connectivity index (χ3n) is 2.69. The fourth-order valence-electron chi connectivity index (χ4n) is 1.54. The van der Waals surface area contributed by atoms with Gasteiger partial charge < -0.3 is 4.74 Å². The van der Waals surface area contributed by atoms with Gasteiger partial charge in [-0.15, -0.1) is 0 Å². The zero-order valence-electron chi connectivity index (χ0n) is 9.42. The Kier molecular flexibility index (Phi) is 3.34. The Morgan fingerprint density at radius 3 is 2.81 bits per heavy atom. The minimum absolute atomic E-state index is 0.177. The van der Waals surface area contributed by atoms with E-state index in [1.165, 1.54) is 0 Å². The first-order valence-electron chi connectivity index (χ1n) is 5.34. The standard InChI is InChI=1S/C13H15NOS/c1-9-5-3-4-6-11(9)15-13-10(2)12(16)7-8-14-13/h3-8,10,12,16H,1-2H3. The summed E-state index contributed by atoms with van der Waals surface area (Å²) < 4.78 is 5.82. The fraction of sp³-hybridized carbons (Fsp3) is 0.308. The highest BCUT2D eigenvalue weighted by Gasteiger charge is 2.21. The number of nitrogens with zero attached hydrogens (tertiary/aromatic N) is 1. The van der Waals surface area contributed by atoms with Gasteiger partial charge in [0.2, 0.25) is 0 Å². The molecule has 0 saturated heterocycles. The molecule has 0 fully saturated rings. The first-order valence-corrected chi connectivity index (χ1v) is 5.86. The number of hydrogen-bond acceptors (Lipinski definition) is 3. The van der Waals surface area contributed by atoms with E-state index in [1.807, 2.05) is 37.3 Å². The molecule has 0 N–H and O–H groups in total. The molecular weight excluding hydrogens is 218 g/mol. The number of benzene rings is 1. The second-order valence-corrected chi connectivity index (χ2v) is 4.55. The number of aryl methyl sites for hydroxylation is 1. The van der Waals surface area contributed by atoms with Crippen LogP contribution in [0.1, 0.15) is 12.5 Å². The molecule has 1 aliphatic heterocycles. The van der Waals surface area contributed by atoms with Gasteiger partial charge in [-0.25, -0.2) is 4.99 Å². The van der Waals surface area contributed by atoms with Crippen LogP contribution in [-0.2, 0) is 0 Å². The van der Waals surface area contributed by atoms with Crippen molar-refractivity contribution in [1.29, 1.82) is 0 Å². The topological polar surface area (TPSA) is 21.6 Å². The normalized spacial score (nSPS) is 24.1. The molecule has 1 aromatic rings. The molecule has 0 radical (unpaired) electrons. The van der Waals surface area contributed by atoms with Crippen LogP contribution in [0.2, 0.25) is 0 Å². The minimum Gasteiger partial charge on any atom is -0.442 e. The average molecular weight is 233 g/mol. The molecule has 0 bridgehead atoms. The van der Waals surface area contributed by atoms with E-state index in [9.17, 15) is 0 Å². The van der Waals surface area contributed by atoms with Gasteiger partial charge in [0.05, 0.1) is 0 Å². The van der Waals surface area contributed by atoms with Gasteiger partial charge in [0.25, 0.3) is 0 Å². The Morgan fingerprint density at radius 2 is 2.06 bits per heavy atom. The van der Waals surface area contributed by atoms with Crippen molar-refractivity contribution in [3.05, 3.63) is 42.1 Å². The minimum atomic E-state index is 0.177. The van der Waals surface area contributed by atoms with Crippen molar-refractivity contribution >= 4 is 18.5 Å². The van der Waals surface area contributed by atoms with Crippen molar-refractivity contribution in [2.24, 2.45) is 10.9 Å². The van der Waals surface area contributed by atoms with E-state index < -0.39 is 0 Å². The quantitative estimate of drug-likeness (QED) is 0.739. The van der Waals surface area contributed by atoms with E-state index in [0.29, 0.717) is 0 Å². The van der Waals surface area contributed by atoms with Crippen molar-refractivity contribution in [3.63, 3.8) is 0 Å². The zero-order valence-corrected chi connectivity index (χ0v) is 10.3. The molecule has 0 amide bonds. The fourth-order valence-corrected chi connectivity index (χ4v) is 1.74. The summed E-state index contributed by atoms with van der Waals surface area (Å²) in [7, 11) is 0. The summed E-state index contributed by atoms with van der Waals surface area (Å²) in [4.78, 5) is 4.26. The van der Waals surface area contributed by atoms with Crippen molar-refractivity contribution in [1.82, 2.24) is 0 Å². The van der Waals surface area contributed by atoms with E-state index >= 15 is 0 Å². The average Bonchev–Trinajstić information content (AvgIpc) is 2.28. The third-order valence-corrected chi connectivity index (χ3v) is 3.31. The second kappa shape index (κ2) is 4.74. The van der Waals surface area contributed by atoms with Crippen molar-refractivity contribution in [3.8, 4) is 5.75 Å². The molecule has 84 valence electrons. The predicted octanol–water partition coefficient (Wildman–Crippen LogP) is 3.23. The lowest BCUT2D eigenvalue weighted by Gasteiger charge is -2.21. The lowest BCUT2D eigenvalue weighted by atomic mass is 10.1. The molecule has 1 aliphatic rings. The summed E-state index contributed by atoms with van der Waals surface area (Å²) in [5.41, 5.74) is 1.11. The molecule has 0 spiro atoms. The maximum atomic E-state index is 5.82. The summed E-state index contributed by atoms with van der Waals surface area (Å²) >= 11 is 4.46. The van der Waals surface area contributed by atoms with Gasteiger partial charge in [-0.1, -0.05) is 31.2 Å². The number of aliphatic imine (C=N–C) groups is 1. The summed E-state index contributed by atoms with van der Waals surface area (Å²) in [6.45, 7) is 4.09. The highest BCUT2D eigenvalue weighted by atomic mass is 32.1. The first-order chi connectivity index (χ1) is 7.68. The van der Waals surface area contributed by atoms with Gasteiger partial charge in [-0.3, -0.25) is 0 Å². The maximum absolute atomic E-state index is 5.82. The van der Waals surface area contributed by atoms with Crippen LogP contribution in [0.3, 0.4) is 0 Å². The van der Waals surface area contributed by atoms with E-state index in [0.717, 1.165) is 17.2 Å². The van der Waals surface area contributed by atoms with Crippen molar-refractivity contribution in [2.75, 3.05) is 0 Å². The second-order valence-electron chi connectivity index (χ2n) is 3.96. The van der Waals surface area contributed by atoms with Crippen LogP contribution in [0.5, 0.6) is 5.75 Å². The summed E-state index contributed by atoms with van der Waals surface area (Å²) in [6.07, 6.45) is 3.73. The van der Waals surface area contributed by atoms with Gasteiger partial charge in [0.15, 0.2) is 5.90 Å². The molecule has 16 heavy (non-hydrogen) atoms. The maximum Gasteiger partial charge on any atom is 0.198 e. The number of thiol groups is 1. The van der Waals surface area contributed by atoms with Gasteiger partial charge >= 0.3 is 0 Å². The van der Waals surface area contributed by atoms with Crippen LogP contribution in [0.25, 0.3) is 0 Å². The van der Waals surface area contributed by atoms with E-state index in [2.05, 4.69) is 24.5 Å². The Balaban J connectivity index is 2.19. The lowest BCUT2D eigenvalue weighted by molar-refractivity contribution is 0.493. The highest BCUT2D eigenvalue weighted by Crippen LogP contribution is 2.23. The molecule has 0 saturated carbocycles. The highest BCUT2D eigenvalue weighted by molar-refractivity contribution is 7.81. The molecule has 1 heterocycles. The Hall–Kier alpha value is -1.22. The van der Waals surface area contributed by atoms with E-state index in [1.54, 1.807) is 6.20 Å². The molecule has 1 aromatic carbocycles. The van der Waals surface area contributed by atoms with Gasteiger partial charge in [-0.2, -0.15) is 12.6 Å². The number of hydrogen-bond donors (Lipinski definition) is 1. The van der Waals surface area contributed by atoms with Crippen LogP contribution >= 0.6 is 12.6 Å². The summed E-state index contributed by atoms with van der Waals surface area (Å²) in [5, 5.41) is 0.177. The summed E-state index contributed by atoms with van der Waals surface area (Å²) in [6, 6.07) is 7.94. The molecule has 2 atom stereocenters. The lowest BCUT2D eigenvalue weighted by Crippen LogP contribution is -2.27. The van der Waals surface area contributed by atoms with Crippen LogP contribution in [0.4, 0.5) is 0 Å². The monoisotopic (exact) mass is 233 g/mol. The predicted molar refractivity (Wildman–Crippen MR) is 70.3 cm³/mol. The Bertz CT molecular complexity index is 439. The molecular formula is C13H15NOS. The smallest absolute Gasteiger partial charge is 0.198 e. The van der Waals surface area contributed by atoms with Crippen LogP contribution in [-0.4, -0.2) is 11.1 Å². The third kappa shape index (κ3) is 2.30. The SMILES string of the molecule is Cc1ccccc1OC1=NC=CC(S)C1C. The first kappa shape index (κ1) is 11.3. The van der Waals surface area contributed by atoms with Gasteiger partial charge in [-0.05, 0) is 18.6 Å². The molecule has 2 unspecified atom stereocenters.